The molecule has 148 valence electrons. The summed E-state index contributed by atoms with van der Waals surface area (Å²) in [7, 11) is 0. The molecule has 0 saturated heterocycles. The molecule has 4 N–H and O–H groups in total. The van der Waals surface area contributed by atoms with Crippen molar-refractivity contribution in [1.82, 2.24) is 5.32 Å². The van der Waals surface area contributed by atoms with Crippen LogP contribution in [-0.4, -0.2) is 24.9 Å². The average Bonchev–Trinajstić information content (AvgIpc) is 3.32. The molecule has 0 heterocycles. The van der Waals surface area contributed by atoms with Crippen LogP contribution in [-0.2, 0) is 9.59 Å². The number of carbonyl (C=O) groups excluding carboxylic acids is 2. The summed E-state index contributed by atoms with van der Waals surface area (Å²) in [4.78, 5) is 25.8. The Hall–Kier alpha value is -1.88. The van der Waals surface area contributed by atoms with Gasteiger partial charge in [-0.05, 0) is 75.3 Å². The molecule has 0 spiro atoms. The molecule has 0 aromatic heterocycles. The zero-order valence-electron chi connectivity index (χ0n) is 16.6. The van der Waals surface area contributed by atoms with Crippen LogP contribution in [0.2, 0.25) is 0 Å². The quantitative estimate of drug-likeness (QED) is 0.717. The molecule has 0 radical (unpaired) electrons. The van der Waals surface area contributed by atoms with Gasteiger partial charge in [-0.2, -0.15) is 0 Å². The highest BCUT2D eigenvalue weighted by molar-refractivity contribution is 5.96. The Balaban J connectivity index is 1.65. The number of nitrogens with one attached hydrogen (secondary N) is 2. The van der Waals surface area contributed by atoms with E-state index >= 15 is 0 Å². The Labute approximate surface area is 162 Å². The highest BCUT2D eigenvalue weighted by Gasteiger charge is 2.42. The first-order valence-electron chi connectivity index (χ1n) is 10.3. The number of hydrogen-bond acceptors (Lipinski definition) is 3. The minimum absolute atomic E-state index is 0.0104. The van der Waals surface area contributed by atoms with Gasteiger partial charge >= 0.3 is 0 Å². The molecule has 2 atom stereocenters. The molecule has 0 unspecified atom stereocenters. The summed E-state index contributed by atoms with van der Waals surface area (Å²) in [6.45, 7) is 5.10. The first kappa shape index (κ1) is 19.9. The van der Waals surface area contributed by atoms with E-state index in [9.17, 15) is 9.59 Å². The number of anilines is 1. The lowest BCUT2D eigenvalue weighted by Crippen LogP contribution is -2.46. The second kappa shape index (κ2) is 8.42. The molecular formula is C22H33N3O2. The van der Waals surface area contributed by atoms with Gasteiger partial charge in [-0.1, -0.05) is 25.3 Å². The van der Waals surface area contributed by atoms with Crippen molar-refractivity contribution in [3.8, 4) is 0 Å². The number of aryl methyl sites for hydroxylation is 2. The van der Waals surface area contributed by atoms with Crippen molar-refractivity contribution >= 4 is 17.5 Å². The van der Waals surface area contributed by atoms with Gasteiger partial charge in [0.25, 0.3) is 0 Å². The summed E-state index contributed by atoms with van der Waals surface area (Å²) in [5.41, 5.74) is 8.53. The number of benzene rings is 1. The predicted molar refractivity (Wildman–Crippen MR) is 108 cm³/mol. The summed E-state index contributed by atoms with van der Waals surface area (Å²) >= 11 is 0. The third-order valence-electron chi connectivity index (χ3n) is 6.71. The van der Waals surface area contributed by atoms with E-state index < -0.39 is 5.41 Å². The largest absolute Gasteiger partial charge is 0.355 e. The van der Waals surface area contributed by atoms with Crippen LogP contribution in [0.5, 0.6) is 0 Å². The van der Waals surface area contributed by atoms with Gasteiger partial charge in [0.2, 0.25) is 11.8 Å². The predicted octanol–water partition coefficient (Wildman–Crippen LogP) is 3.29. The van der Waals surface area contributed by atoms with Crippen molar-refractivity contribution < 1.29 is 9.59 Å². The highest BCUT2D eigenvalue weighted by Crippen LogP contribution is 2.39. The van der Waals surface area contributed by atoms with Crippen LogP contribution in [0.1, 0.15) is 56.1 Å². The topological polar surface area (TPSA) is 84.2 Å². The van der Waals surface area contributed by atoms with Crippen molar-refractivity contribution in [2.24, 2.45) is 23.0 Å². The number of hydrogen-bond donors (Lipinski definition) is 3. The summed E-state index contributed by atoms with van der Waals surface area (Å²) in [5.74, 6) is 0.406. The van der Waals surface area contributed by atoms with Gasteiger partial charge in [0, 0.05) is 18.2 Å². The third-order valence-corrected chi connectivity index (χ3v) is 6.71. The second-order valence-corrected chi connectivity index (χ2v) is 8.49. The normalized spacial score (nSPS) is 24.0. The molecule has 2 aliphatic rings. The van der Waals surface area contributed by atoms with E-state index in [2.05, 4.69) is 17.6 Å². The van der Waals surface area contributed by atoms with Crippen molar-refractivity contribution in [1.29, 1.82) is 0 Å². The van der Waals surface area contributed by atoms with E-state index in [0.29, 0.717) is 13.1 Å². The molecule has 0 bridgehead atoms. The van der Waals surface area contributed by atoms with E-state index in [1.807, 2.05) is 25.1 Å². The van der Waals surface area contributed by atoms with E-state index in [1.54, 1.807) is 0 Å². The maximum Gasteiger partial charge on any atom is 0.232 e. The van der Waals surface area contributed by atoms with Crippen LogP contribution in [0, 0.1) is 31.1 Å². The molecule has 3 rings (SSSR count). The lowest BCUT2D eigenvalue weighted by Gasteiger charge is -2.29. The average molecular weight is 372 g/mol. The minimum Gasteiger partial charge on any atom is -0.355 e. The molecule has 5 heteroatoms. The Morgan fingerprint density at radius 1 is 1.11 bits per heavy atom. The molecular weight excluding hydrogens is 338 g/mol. The van der Waals surface area contributed by atoms with Gasteiger partial charge in [-0.25, -0.2) is 0 Å². The lowest BCUT2D eigenvalue weighted by molar-refractivity contribution is -0.128. The van der Waals surface area contributed by atoms with Crippen LogP contribution in [0.3, 0.4) is 0 Å². The fraction of sp³-hybridized carbons (Fsp3) is 0.636. The van der Waals surface area contributed by atoms with Crippen LogP contribution >= 0.6 is 0 Å². The summed E-state index contributed by atoms with van der Waals surface area (Å²) in [5, 5.41) is 6.20. The summed E-state index contributed by atoms with van der Waals surface area (Å²) < 4.78 is 0. The number of nitrogens with two attached hydrogens (primary N) is 1. The van der Waals surface area contributed by atoms with Gasteiger partial charge in [-0.3, -0.25) is 9.59 Å². The zero-order valence-corrected chi connectivity index (χ0v) is 16.6. The first-order valence-corrected chi connectivity index (χ1v) is 10.3. The Kier molecular flexibility index (Phi) is 6.20. The van der Waals surface area contributed by atoms with Crippen molar-refractivity contribution in [3.63, 3.8) is 0 Å². The molecule has 0 aliphatic heterocycles. The number of carbonyl (C=O) groups is 2. The van der Waals surface area contributed by atoms with E-state index in [4.69, 9.17) is 5.73 Å². The van der Waals surface area contributed by atoms with Crippen LogP contribution in [0.4, 0.5) is 5.69 Å². The van der Waals surface area contributed by atoms with E-state index in [-0.39, 0.29) is 23.7 Å². The summed E-state index contributed by atoms with van der Waals surface area (Å²) in [6, 6.07) is 5.99. The molecule has 2 fully saturated rings. The summed E-state index contributed by atoms with van der Waals surface area (Å²) in [6.07, 6.45) is 6.74. The molecule has 2 amide bonds. The number of amides is 2. The monoisotopic (exact) mass is 371 g/mol. The third kappa shape index (κ3) is 4.34. The van der Waals surface area contributed by atoms with Crippen molar-refractivity contribution in [2.75, 3.05) is 18.4 Å². The van der Waals surface area contributed by atoms with Gasteiger partial charge in [0.15, 0.2) is 0 Å². The second-order valence-electron chi connectivity index (χ2n) is 8.49. The van der Waals surface area contributed by atoms with Gasteiger partial charge < -0.3 is 16.4 Å². The fourth-order valence-electron chi connectivity index (χ4n) is 4.67. The van der Waals surface area contributed by atoms with Crippen molar-refractivity contribution in [3.05, 3.63) is 29.3 Å². The Bertz CT molecular complexity index is 695. The Morgan fingerprint density at radius 3 is 2.52 bits per heavy atom. The zero-order chi connectivity index (χ0) is 19.4. The van der Waals surface area contributed by atoms with Crippen molar-refractivity contribution in [2.45, 2.75) is 58.8 Å². The molecule has 2 saturated carbocycles. The smallest absolute Gasteiger partial charge is 0.232 e. The maximum absolute atomic E-state index is 13.1. The molecule has 1 aromatic rings. The van der Waals surface area contributed by atoms with Crippen LogP contribution in [0.25, 0.3) is 0 Å². The van der Waals surface area contributed by atoms with Crippen LogP contribution < -0.4 is 16.4 Å². The number of rotatable bonds is 6. The van der Waals surface area contributed by atoms with Crippen LogP contribution in [0.15, 0.2) is 18.2 Å². The van der Waals surface area contributed by atoms with E-state index in [0.717, 1.165) is 56.2 Å². The lowest BCUT2D eigenvalue weighted by atomic mass is 9.84. The van der Waals surface area contributed by atoms with Gasteiger partial charge in [0.1, 0.15) is 0 Å². The maximum atomic E-state index is 13.1. The Morgan fingerprint density at radius 2 is 1.85 bits per heavy atom. The first-order chi connectivity index (χ1) is 12.9. The fourth-order valence-corrected chi connectivity index (χ4v) is 4.67. The van der Waals surface area contributed by atoms with Gasteiger partial charge in [0.05, 0.1) is 5.41 Å². The molecule has 1 aromatic carbocycles. The SMILES string of the molecule is Cc1ccc(NC(=O)C2(CNC(=O)[C@@H]3CCC[C@@H]3CN)CCCC2)cc1C. The molecule has 27 heavy (non-hydrogen) atoms. The molecule has 5 nitrogen and oxygen atoms in total. The van der Waals surface area contributed by atoms with Gasteiger partial charge in [-0.15, -0.1) is 0 Å². The van der Waals surface area contributed by atoms with E-state index in [1.165, 1.54) is 5.56 Å². The highest BCUT2D eigenvalue weighted by atomic mass is 16.2. The standard InChI is InChI=1S/C22H33N3O2/c1-15-8-9-18(12-16(15)2)25-21(27)22(10-3-4-11-22)14-24-20(26)19-7-5-6-17(19)13-23/h8-9,12,17,19H,3-7,10-11,13-14,23H2,1-2H3,(H,24,26)(H,25,27)/t17-,19-/m1/s1. The minimum atomic E-state index is -0.495. The molecule has 2 aliphatic carbocycles.